The lowest BCUT2D eigenvalue weighted by Gasteiger charge is -2.31. The van der Waals surface area contributed by atoms with Crippen LogP contribution in [0.15, 0.2) is 12.1 Å². The van der Waals surface area contributed by atoms with Crippen molar-refractivity contribution in [2.45, 2.75) is 52.5 Å². The van der Waals surface area contributed by atoms with Crippen LogP contribution in [0.5, 0.6) is 0 Å². The third-order valence-electron chi connectivity index (χ3n) is 4.45. The van der Waals surface area contributed by atoms with E-state index in [1.54, 1.807) is 6.07 Å². The van der Waals surface area contributed by atoms with Gasteiger partial charge in [0.15, 0.2) is 0 Å². The van der Waals surface area contributed by atoms with Crippen LogP contribution in [0.25, 0.3) is 0 Å². The molecule has 0 aliphatic heterocycles. The molecule has 118 valence electrons. The molecule has 1 aliphatic rings. The summed E-state index contributed by atoms with van der Waals surface area (Å²) >= 11 is 18.6. The Morgan fingerprint density at radius 2 is 1.71 bits per heavy atom. The smallest absolute Gasteiger partial charge is 0.0652 e. The summed E-state index contributed by atoms with van der Waals surface area (Å²) in [5, 5.41) is 5.39. The maximum Gasteiger partial charge on any atom is 0.0652 e. The predicted octanol–water partition coefficient (Wildman–Crippen LogP) is 6.34. The van der Waals surface area contributed by atoms with Gasteiger partial charge in [0.25, 0.3) is 0 Å². The van der Waals surface area contributed by atoms with Crippen LogP contribution in [0.2, 0.25) is 15.1 Å². The molecule has 0 unspecified atom stereocenters. The first kappa shape index (κ1) is 17.4. The van der Waals surface area contributed by atoms with Crippen molar-refractivity contribution in [2.24, 2.45) is 11.3 Å². The molecule has 0 bridgehead atoms. The van der Waals surface area contributed by atoms with E-state index in [-0.39, 0.29) is 0 Å². The number of rotatable bonds is 6. The topological polar surface area (TPSA) is 12.0 Å². The molecular formula is C17H24Cl3N. The number of hydrogen-bond acceptors (Lipinski definition) is 1. The van der Waals surface area contributed by atoms with Gasteiger partial charge in [0.1, 0.15) is 0 Å². The summed E-state index contributed by atoms with van der Waals surface area (Å²) in [4.78, 5) is 0. The van der Waals surface area contributed by atoms with Crippen LogP contribution in [0.4, 0.5) is 0 Å². The van der Waals surface area contributed by atoms with Crippen molar-refractivity contribution in [1.29, 1.82) is 0 Å². The Balaban J connectivity index is 1.98. The summed E-state index contributed by atoms with van der Waals surface area (Å²) in [6.07, 6.45) is 6.65. The summed E-state index contributed by atoms with van der Waals surface area (Å²) in [7, 11) is 0. The molecule has 0 radical (unpaired) electrons. The van der Waals surface area contributed by atoms with Crippen LogP contribution in [0, 0.1) is 11.3 Å². The van der Waals surface area contributed by atoms with Crippen molar-refractivity contribution in [3.8, 4) is 0 Å². The SMILES string of the molecule is CC(C)CC1(CNCc2c(Cl)ccc(Cl)c2Cl)CCCC1. The molecule has 1 nitrogen and oxygen atoms in total. The van der Waals surface area contributed by atoms with Crippen LogP contribution >= 0.6 is 34.8 Å². The first-order chi connectivity index (χ1) is 9.93. The molecule has 1 aliphatic carbocycles. The van der Waals surface area contributed by atoms with Gasteiger partial charge in [0, 0.05) is 23.7 Å². The van der Waals surface area contributed by atoms with E-state index in [0.29, 0.717) is 27.0 Å². The van der Waals surface area contributed by atoms with Crippen molar-refractivity contribution >= 4 is 34.8 Å². The Morgan fingerprint density at radius 1 is 1.10 bits per heavy atom. The van der Waals surface area contributed by atoms with Crippen molar-refractivity contribution in [1.82, 2.24) is 5.32 Å². The molecule has 21 heavy (non-hydrogen) atoms. The number of benzene rings is 1. The molecule has 0 heterocycles. The fraction of sp³-hybridized carbons (Fsp3) is 0.647. The second-order valence-electron chi connectivity index (χ2n) is 6.73. The van der Waals surface area contributed by atoms with Gasteiger partial charge in [-0.2, -0.15) is 0 Å². The van der Waals surface area contributed by atoms with Crippen LogP contribution in [-0.4, -0.2) is 6.54 Å². The predicted molar refractivity (Wildman–Crippen MR) is 93.5 cm³/mol. The van der Waals surface area contributed by atoms with Gasteiger partial charge in [-0.1, -0.05) is 61.5 Å². The summed E-state index contributed by atoms with van der Waals surface area (Å²) < 4.78 is 0. The van der Waals surface area contributed by atoms with Gasteiger partial charge in [0.05, 0.1) is 10.0 Å². The third kappa shape index (κ3) is 4.51. The Kier molecular flexibility index (Phi) is 6.25. The van der Waals surface area contributed by atoms with Crippen molar-refractivity contribution in [3.63, 3.8) is 0 Å². The number of hydrogen-bond donors (Lipinski definition) is 1. The highest BCUT2D eigenvalue weighted by molar-refractivity contribution is 6.44. The molecule has 4 heteroatoms. The van der Waals surface area contributed by atoms with Gasteiger partial charge in [-0.3, -0.25) is 0 Å². The Hall–Kier alpha value is 0.0500. The van der Waals surface area contributed by atoms with Gasteiger partial charge in [-0.05, 0) is 42.7 Å². The minimum atomic E-state index is 0.450. The average molecular weight is 349 g/mol. The zero-order valence-electron chi connectivity index (χ0n) is 12.8. The molecule has 1 fully saturated rings. The van der Waals surface area contributed by atoms with E-state index in [9.17, 15) is 0 Å². The quantitative estimate of drug-likeness (QED) is 0.591. The highest BCUT2D eigenvalue weighted by Gasteiger charge is 2.33. The summed E-state index contributed by atoms with van der Waals surface area (Å²) in [6, 6.07) is 3.55. The van der Waals surface area contributed by atoms with Crippen molar-refractivity contribution in [3.05, 3.63) is 32.8 Å². The molecule has 0 aromatic heterocycles. The second kappa shape index (κ2) is 7.55. The zero-order valence-corrected chi connectivity index (χ0v) is 15.1. The van der Waals surface area contributed by atoms with E-state index in [2.05, 4.69) is 19.2 Å². The molecule has 1 aromatic rings. The Morgan fingerprint density at radius 3 is 2.33 bits per heavy atom. The van der Waals surface area contributed by atoms with E-state index in [0.717, 1.165) is 18.0 Å². The highest BCUT2D eigenvalue weighted by atomic mass is 35.5. The number of nitrogens with one attached hydrogen (secondary N) is 1. The second-order valence-corrected chi connectivity index (χ2v) is 7.92. The standard InChI is InChI=1S/C17H24Cl3N/c1-12(2)9-17(7-3-4-8-17)11-21-10-13-14(18)5-6-15(19)16(13)20/h5-6,12,21H,3-4,7-11H2,1-2H3. The molecule has 2 rings (SSSR count). The minimum absolute atomic E-state index is 0.450. The normalized spacial score (nSPS) is 17.6. The van der Waals surface area contributed by atoms with E-state index < -0.39 is 0 Å². The molecule has 0 atom stereocenters. The summed E-state index contributed by atoms with van der Waals surface area (Å²) in [5.74, 6) is 0.739. The first-order valence-corrected chi connectivity index (χ1v) is 8.90. The van der Waals surface area contributed by atoms with Gasteiger partial charge in [0.2, 0.25) is 0 Å². The fourth-order valence-electron chi connectivity index (χ4n) is 3.63. The van der Waals surface area contributed by atoms with Gasteiger partial charge < -0.3 is 5.32 Å². The monoisotopic (exact) mass is 347 g/mol. The maximum atomic E-state index is 6.26. The van der Waals surface area contributed by atoms with Crippen LogP contribution < -0.4 is 5.32 Å². The van der Waals surface area contributed by atoms with Crippen LogP contribution in [0.1, 0.15) is 51.5 Å². The van der Waals surface area contributed by atoms with Crippen molar-refractivity contribution < 1.29 is 0 Å². The zero-order chi connectivity index (χ0) is 15.5. The Bertz CT molecular complexity index is 479. The van der Waals surface area contributed by atoms with Crippen molar-refractivity contribution in [2.75, 3.05) is 6.54 Å². The van der Waals surface area contributed by atoms with E-state index in [1.807, 2.05) is 6.07 Å². The van der Waals surface area contributed by atoms with E-state index in [4.69, 9.17) is 34.8 Å². The molecular weight excluding hydrogens is 325 g/mol. The first-order valence-electron chi connectivity index (χ1n) is 7.77. The van der Waals surface area contributed by atoms with E-state index >= 15 is 0 Å². The highest BCUT2D eigenvalue weighted by Crippen LogP contribution is 2.42. The number of halogens is 3. The fourth-order valence-corrected chi connectivity index (χ4v) is 4.31. The summed E-state index contributed by atoms with van der Waals surface area (Å²) in [5.41, 5.74) is 1.36. The lowest BCUT2D eigenvalue weighted by Crippen LogP contribution is -2.33. The third-order valence-corrected chi connectivity index (χ3v) is 5.64. The molecule has 1 N–H and O–H groups in total. The Labute approximate surface area is 143 Å². The van der Waals surface area contributed by atoms with Gasteiger partial charge in [-0.25, -0.2) is 0 Å². The lowest BCUT2D eigenvalue weighted by molar-refractivity contribution is 0.223. The maximum absolute atomic E-state index is 6.26. The van der Waals surface area contributed by atoms with E-state index in [1.165, 1.54) is 32.1 Å². The van der Waals surface area contributed by atoms with Crippen LogP contribution in [0.3, 0.4) is 0 Å². The molecule has 0 spiro atoms. The minimum Gasteiger partial charge on any atom is -0.312 e. The lowest BCUT2D eigenvalue weighted by atomic mass is 9.78. The molecule has 1 saturated carbocycles. The van der Waals surface area contributed by atoms with Crippen LogP contribution in [-0.2, 0) is 6.54 Å². The largest absolute Gasteiger partial charge is 0.312 e. The molecule has 1 aromatic carbocycles. The summed E-state index contributed by atoms with van der Waals surface area (Å²) in [6.45, 7) is 6.33. The molecule has 0 amide bonds. The molecule has 0 saturated heterocycles. The average Bonchev–Trinajstić information content (AvgIpc) is 2.86. The van der Waals surface area contributed by atoms with Gasteiger partial charge in [-0.15, -0.1) is 0 Å². The van der Waals surface area contributed by atoms with Gasteiger partial charge >= 0.3 is 0 Å².